The van der Waals surface area contributed by atoms with Gasteiger partial charge in [-0.25, -0.2) is 9.37 Å². The van der Waals surface area contributed by atoms with Crippen LogP contribution in [0, 0.1) is 11.3 Å². The van der Waals surface area contributed by atoms with Crippen molar-refractivity contribution in [2.24, 2.45) is 0 Å². The second-order valence-corrected chi connectivity index (χ2v) is 13.9. The molecule has 0 bridgehead atoms. The highest BCUT2D eigenvalue weighted by Gasteiger charge is 2.48. The van der Waals surface area contributed by atoms with Crippen molar-refractivity contribution in [1.29, 1.82) is 5.26 Å². The standard InChI is InChI=1S/C34H41FN8O3/c1-20(30-24(35)9-13-42(30)2)45-27-15-26(43-14-12-38-33(17-43)18-44-19-33)39-32(40-27)29-22-6-4-11-34(31(22)46-41-29)10-3-5-21-7-8-25(37)23(16-36)28(21)34/h7-8,15,20,24,30,38H,3-6,9-14,17-19,37H2,1-2H3/t20-,24-,30+,34+/m0/s1. The molecule has 3 fully saturated rings. The first-order valence-corrected chi connectivity index (χ1v) is 16.6. The van der Waals surface area contributed by atoms with Crippen LogP contribution in [0.3, 0.4) is 0 Å². The molecule has 12 heteroatoms. The molecule has 5 aliphatic rings. The molecular formula is C34H41FN8O3. The number of fused-ring (bicyclic) bond motifs is 4. The van der Waals surface area contributed by atoms with Crippen molar-refractivity contribution in [2.75, 3.05) is 57.1 Å². The second-order valence-electron chi connectivity index (χ2n) is 13.9. The zero-order valence-corrected chi connectivity index (χ0v) is 26.5. The van der Waals surface area contributed by atoms with Crippen LogP contribution in [0.4, 0.5) is 15.9 Å². The first-order valence-electron chi connectivity index (χ1n) is 16.6. The van der Waals surface area contributed by atoms with Crippen LogP contribution in [-0.2, 0) is 23.0 Å². The number of nitrogens with two attached hydrogens (primary N) is 1. The summed E-state index contributed by atoms with van der Waals surface area (Å²) in [5, 5.41) is 18.5. The van der Waals surface area contributed by atoms with E-state index in [0.29, 0.717) is 54.8 Å². The van der Waals surface area contributed by atoms with Crippen LogP contribution in [0.5, 0.6) is 5.88 Å². The maximum absolute atomic E-state index is 14.9. The largest absolute Gasteiger partial charge is 0.473 e. The average Bonchev–Trinajstić information content (AvgIpc) is 3.64. The SMILES string of the molecule is C[C@H](Oc1cc(N2CCNC3(COC3)C2)nc(-c2noc3c2CCC[C@@]32CCCc3ccc(N)c(C#N)c32)n1)[C@@H]1[C@@H](F)CCN1C. The molecule has 1 aromatic carbocycles. The molecule has 3 N–H and O–H groups in total. The zero-order valence-electron chi connectivity index (χ0n) is 26.5. The van der Waals surface area contributed by atoms with Gasteiger partial charge in [0.25, 0.3) is 0 Å². The molecule has 5 heterocycles. The van der Waals surface area contributed by atoms with Gasteiger partial charge in [-0.3, -0.25) is 4.90 Å². The molecule has 2 aliphatic carbocycles. The number of nitriles is 1. The van der Waals surface area contributed by atoms with Gasteiger partial charge in [-0.15, -0.1) is 0 Å². The van der Waals surface area contributed by atoms with E-state index in [0.717, 1.165) is 86.4 Å². The van der Waals surface area contributed by atoms with Gasteiger partial charge in [-0.1, -0.05) is 11.2 Å². The highest BCUT2D eigenvalue weighted by Crippen LogP contribution is 2.53. The number of alkyl halides is 1. The Morgan fingerprint density at radius 3 is 2.76 bits per heavy atom. The fourth-order valence-electron chi connectivity index (χ4n) is 8.76. The van der Waals surface area contributed by atoms with Gasteiger partial charge in [-0.2, -0.15) is 10.2 Å². The van der Waals surface area contributed by atoms with Gasteiger partial charge >= 0.3 is 0 Å². The van der Waals surface area contributed by atoms with Gasteiger partial charge in [-0.05, 0) is 76.1 Å². The highest BCUT2D eigenvalue weighted by atomic mass is 19.1. The lowest BCUT2D eigenvalue weighted by molar-refractivity contribution is -0.0743. The summed E-state index contributed by atoms with van der Waals surface area (Å²) in [6.07, 6.45) is 4.39. The number of ether oxygens (including phenoxy) is 2. The number of rotatable bonds is 5. The Morgan fingerprint density at radius 1 is 1.20 bits per heavy atom. The molecule has 0 amide bonds. The zero-order chi connectivity index (χ0) is 31.6. The number of halogens is 1. The number of likely N-dealkylation sites (tertiary alicyclic amines) is 1. The van der Waals surface area contributed by atoms with Crippen LogP contribution >= 0.6 is 0 Å². The Balaban J connectivity index is 1.21. The predicted octanol–water partition coefficient (Wildman–Crippen LogP) is 3.53. The quantitative estimate of drug-likeness (QED) is 0.401. The number of nitrogens with one attached hydrogen (secondary N) is 1. The van der Waals surface area contributed by atoms with Crippen LogP contribution in [0.1, 0.15) is 67.0 Å². The third kappa shape index (κ3) is 4.66. The summed E-state index contributed by atoms with van der Waals surface area (Å²) in [5.74, 6) is 2.35. The summed E-state index contributed by atoms with van der Waals surface area (Å²) in [6.45, 7) is 6.22. The van der Waals surface area contributed by atoms with E-state index in [1.807, 2.05) is 31.0 Å². The lowest BCUT2D eigenvalue weighted by Crippen LogP contribution is -2.70. The summed E-state index contributed by atoms with van der Waals surface area (Å²) in [7, 11) is 1.94. The molecule has 0 unspecified atom stereocenters. The first kappa shape index (κ1) is 29.6. The summed E-state index contributed by atoms with van der Waals surface area (Å²) in [6, 6.07) is 7.82. The van der Waals surface area contributed by atoms with Gasteiger partial charge in [0.05, 0.1) is 35.8 Å². The van der Waals surface area contributed by atoms with E-state index in [2.05, 4.69) is 27.5 Å². The Hall–Kier alpha value is -3.79. The Bertz CT molecular complexity index is 1690. The number of likely N-dealkylation sites (N-methyl/N-ethyl adjacent to an activating group) is 1. The van der Waals surface area contributed by atoms with E-state index >= 15 is 0 Å². The number of nitrogen functional groups attached to an aromatic ring is 1. The third-order valence-electron chi connectivity index (χ3n) is 11.0. The number of aromatic nitrogens is 3. The molecule has 3 saturated heterocycles. The number of hydrogen-bond acceptors (Lipinski definition) is 11. The molecule has 11 nitrogen and oxygen atoms in total. The maximum Gasteiger partial charge on any atom is 0.219 e. The van der Waals surface area contributed by atoms with Crippen molar-refractivity contribution in [1.82, 2.24) is 25.3 Å². The second kappa shape index (κ2) is 11.2. The van der Waals surface area contributed by atoms with Crippen LogP contribution in [-0.4, -0.2) is 90.3 Å². The molecule has 0 radical (unpaired) electrons. The Morgan fingerprint density at radius 2 is 2.02 bits per heavy atom. The number of benzene rings is 1. The van der Waals surface area contributed by atoms with Crippen molar-refractivity contribution < 1.29 is 18.4 Å². The summed E-state index contributed by atoms with van der Waals surface area (Å²) < 4.78 is 33.2. The van der Waals surface area contributed by atoms with Gasteiger partial charge in [0.15, 0.2) is 17.3 Å². The molecule has 242 valence electrons. The molecule has 3 aromatic rings. The Kier molecular flexibility index (Phi) is 7.19. The van der Waals surface area contributed by atoms with Crippen molar-refractivity contribution in [3.63, 3.8) is 0 Å². The highest BCUT2D eigenvalue weighted by molar-refractivity contribution is 5.67. The normalized spacial score (nSPS) is 27.6. The molecule has 4 atom stereocenters. The minimum atomic E-state index is -0.961. The van der Waals surface area contributed by atoms with Gasteiger partial charge in [0, 0.05) is 43.5 Å². The average molecular weight is 629 g/mol. The van der Waals surface area contributed by atoms with Gasteiger partial charge in [0.2, 0.25) is 5.88 Å². The number of piperazine rings is 1. The monoisotopic (exact) mass is 628 g/mol. The molecule has 0 saturated carbocycles. The maximum atomic E-state index is 14.9. The Labute approximate surface area is 268 Å². The number of anilines is 2. The third-order valence-corrected chi connectivity index (χ3v) is 11.0. The van der Waals surface area contributed by atoms with Crippen molar-refractivity contribution >= 4 is 11.5 Å². The van der Waals surface area contributed by atoms with Crippen LogP contribution in [0.15, 0.2) is 22.7 Å². The van der Waals surface area contributed by atoms with Gasteiger partial charge in [0.1, 0.15) is 24.2 Å². The topological polar surface area (TPSA) is 139 Å². The summed E-state index contributed by atoms with van der Waals surface area (Å²) >= 11 is 0. The van der Waals surface area contributed by atoms with Crippen molar-refractivity contribution in [2.45, 2.75) is 81.1 Å². The molecule has 46 heavy (non-hydrogen) atoms. The minimum Gasteiger partial charge on any atom is -0.473 e. The smallest absolute Gasteiger partial charge is 0.219 e. The molecule has 2 spiro atoms. The molecular weight excluding hydrogens is 587 g/mol. The summed E-state index contributed by atoms with van der Waals surface area (Å²) in [5.41, 5.74) is 10.5. The van der Waals surface area contributed by atoms with Crippen LogP contribution in [0.2, 0.25) is 0 Å². The fraction of sp³-hybridized carbons (Fsp3) is 0.588. The molecule has 8 rings (SSSR count). The van der Waals surface area contributed by atoms with E-state index in [9.17, 15) is 9.65 Å². The fourth-order valence-corrected chi connectivity index (χ4v) is 8.76. The van der Waals surface area contributed by atoms with E-state index < -0.39 is 17.7 Å². The predicted molar refractivity (Wildman–Crippen MR) is 170 cm³/mol. The lowest BCUT2D eigenvalue weighted by Gasteiger charge is -2.49. The molecule has 3 aliphatic heterocycles. The van der Waals surface area contributed by atoms with E-state index in [1.54, 1.807) is 0 Å². The molecule has 2 aromatic heterocycles. The van der Waals surface area contributed by atoms with Crippen LogP contribution in [0.25, 0.3) is 11.5 Å². The minimum absolute atomic E-state index is 0.0974. The van der Waals surface area contributed by atoms with Crippen molar-refractivity contribution in [3.8, 4) is 23.5 Å². The van der Waals surface area contributed by atoms with Crippen LogP contribution < -0.4 is 20.7 Å². The number of aryl methyl sites for hydroxylation is 1. The number of nitrogens with zero attached hydrogens (tertiary/aromatic N) is 6. The van der Waals surface area contributed by atoms with E-state index in [4.69, 9.17) is 29.7 Å². The van der Waals surface area contributed by atoms with Gasteiger partial charge < -0.3 is 29.9 Å². The van der Waals surface area contributed by atoms with E-state index in [-0.39, 0.29) is 11.6 Å². The van der Waals surface area contributed by atoms with Crippen molar-refractivity contribution in [3.05, 3.63) is 46.2 Å². The lowest BCUT2D eigenvalue weighted by atomic mass is 9.61. The first-order chi connectivity index (χ1) is 22.3. The van der Waals surface area contributed by atoms with E-state index in [1.165, 1.54) is 0 Å². The number of hydrogen-bond donors (Lipinski definition) is 2. The summed E-state index contributed by atoms with van der Waals surface area (Å²) in [4.78, 5) is 14.2.